The summed E-state index contributed by atoms with van der Waals surface area (Å²) in [6.45, 7) is 2.30. The highest BCUT2D eigenvalue weighted by molar-refractivity contribution is 5.86. The van der Waals surface area contributed by atoms with Crippen molar-refractivity contribution < 1.29 is 14.8 Å². The first kappa shape index (κ1) is 10.9. The van der Waals surface area contributed by atoms with E-state index in [1.165, 1.54) is 5.48 Å². The van der Waals surface area contributed by atoms with Gasteiger partial charge in [0.2, 0.25) is 5.91 Å². The fourth-order valence-electron chi connectivity index (χ4n) is 0.783. The van der Waals surface area contributed by atoms with E-state index in [0.717, 1.165) is 0 Å². The predicted molar refractivity (Wildman–Crippen MR) is 41.2 cm³/mol. The molecule has 0 saturated carbocycles. The molecule has 0 rings (SSSR count). The van der Waals surface area contributed by atoms with Gasteiger partial charge < -0.3 is 11.1 Å². The van der Waals surface area contributed by atoms with Crippen molar-refractivity contribution in [3.8, 4) is 0 Å². The highest BCUT2D eigenvalue weighted by Crippen LogP contribution is 1.90. The molecular formula is C6H13N3O3. The maximum Gasteiger partial charge on any atom is 0.260 e. The van der Waals surface area contributed by atoms with Crippen molar-refractivity contribution in [2.24, 2.45) is 5.73 Å². The molecule has 6 heteroatoms. The molecule has 0 saturated heterocycles. The van der Waals surface area contributed by atoms with E-state index in [1.807, 2.05) is 0 Å². The summed E-state index contributed by atoms with van der Waals surface area (Å²) in [7, 11) is 0. The summed E-state index contributed by atoms with van der Waals surface area (Å²) < 4.78 is 0. The van der Waals surface area contributed by atoms with Gasteiger partial charge in [-0.15, -0.1) is 0 Å². The standard InChI is InChI=1S/C6H13N3O3/c1-2-8-4(3-5(7)10)6(11)9-12/h4,8,12H,2-3H2,1H3,(H2,7,10)(H,9,11)/t4-/m0/s1. The monoisotopic (exact) mass is 175 g/mol. The van der Waals surface area contributed by atoms with Crippen LogP contribution in [0.5, 0.6) is 0 Å². The van der Waals surface area contributed by atoms with Gasteiger partial charge in [-0.1, -0.05) is 6.92 Å². The fourth-order valence-corrected chi connectivity index (χ4v) is 0.783. The Morgan fingerprint density at radius 2 is 2.17 bits per heavy atom. The largest absolute Gasteiger partial charge is 0.370 e. The number of primary amides is 1. The van der Waals surface area contributed by atoms with Gasteiger partial charge in [0.25, 0.3) is 5.91 Å². The second kappa shape index (κ2) is 5.50. The van der Waals surface area contributed by atoms with Crippen LogP contribution in [-0.4, -0.2) is 29.6 Å². The van der Waals surface area contributed by atoms with E-state index in [0.29, 0.717) is 6.54 Å². The maximum absolute atomic E-state index is 10.8. The van der Waals surface area contributed by atoms with Crippen molar-refractivity contribution >= 4 is 11.8 Å². The van der Waals surface area contributed by atoms with Crippen molar-refractivity contribution in [3.05, 3.63) is 0 Å². The molecule has 0 bridgehead atoms. The van der Waals surface area contributed by atoms with Crippen LogP contribution in [0.3, 0.4) is 0 Å². The number of hydrogen-bond acceptors (Lipinski definition) is 4. The molecule has 5 N–H and O–H groups in total. The molecule has 6 nitrogen and oxygen atoms in total. The van der Waals surface area contributed by atoms with E-state index in [4.69, 9.17) is 10.9 Å². The third-order valence-electron chi connectivity index (χ3n) is 1.28. The molecule has 1 atom stereocenters. The number of likely N-dealkylation sites (N-methyl/N-ethyl adjacent to an activating group) is 1. The number of carbonyl (C=O) groups excluding carboxylic acids is 2. The molecule has 0 aromatic heterocycles. The second-order valence-electron chi connectivity index (χ2n) is 2.26. The van der Waals surface area contributed by atoms with E-state index in [2.05, 4.69) is 5.32 Å². The van der Waals surface area contributed by atoms with Crippen molar-refractivity contribution in [2.75, 3.05) is 6.54 Å². The Morgan fingerprint density at radius 3 is 2.50 bits per heavy atom. The third-order valence-corrected chi connectivity index (χ3v) is 1.28. The lowest BCUT2D eigenvalue weighted by atomic mass is 10.2. The molecule has 0 spiro atoms. The van der Waals surface area contributed by atoms with Gasteiger partial charge in [-0.05, 0) is 6.54 Å². The first-order valence-corrected chi connectivity index (χ1v) is 3.57. The van der Waals surface area contributed by atoms with E-state index in [-0.39, 0.29) is 6.42 Å². The first-order valence-electron chi connectivity index (χ1n) is 3.57. The Hall–Kier alpha value is -1.14. The van der Waals surface area contributed by atoms with Crippen molar-refractivity contribution in [2.45, 2.75) is 19.4 Å². The van der Waals surface area contributed by atoms with Crippen molar-refractivity contribution in [3.63, 3.8) is 0 Å². The van der Waals surface area contributed by atoms with Crippen LogP contribution in [0.2, 0.25) is 0 Å². The molecule has 0 aromatic rings. The maximum atomic E-state index is 10.8. The highest BCUT2D eigenvalue weighted by Gasteiger charge is 2.18. The van der Waals surface area contributed by atoms with Gasteiger partial charge in [0.05, 0.1) is 12.5 Å². The molecule has 70 valence electrons. The number of rotatable bonds is 5. The van der Waals surface area contributed by atoms with Gasteiger partial charge in [0.1, 0.15) is 0 Å². The zero-order valence-corrected chi connectivity index (χ0v) is 6.83. The van der Waals surface area contributed by atoms with E-state index >= 15 is 0 Å². The third kappa shape index (κ3) is 3.89. The lowest BCUT2D eigenvalue weighted by molar-refractivity contribution is -0.133. The van der Waals surface area contributed by atoms with Gasteiger partial charge >= 0.3 is 0 Å². The molecule has 0 unspecified atom stereocenters. The van der Waals surface area contributed by atoms with Gasteiger partial charge in [-0.25, -0.2) is 5.48 Å². The minimum Gasteiger partial charge on any atom is -0.370 e. The van der Waals surface area contributed by atoms with E-state index in [9.17, 15) is 9.59 Å². The van der Waals surface area contributed by atoms with Crippen LogP contribution in [0.1, 0.15) is 13.3 Å². The Morgan fingerprint density at radius 1 is 1.58 bits per heavy atom. The summed E-state index contributed by atoms with van der Waals surface area (Å²) in [6, 6.07) is -0.752. The normalized spacial score (nSPS) is 12.2. The fraction of sp³-hybridized carbons (Fsp3) is 0.667. The second-order valence-corrected chi connectivity index (χ2v) is 2.26. The minimum absolute atomic E-state index is 0.125. The van der Waals surface area contributed by atoms with Gasteiger partial charge in [0.15, 0.2) is 0 Å². The number of hydroxylamine groups is 1. The van der Waals surface area contributed by atoms with Crippen LogP contribution < -0.4 is 16.5 Å². The quantitative estimate of drug-likeness (QED) is 0.296. The Labute approximate surface area is 70.1 Å². The number of nitrogens with one attached hydrogen (secondary N) is 2. The molecule has 0 fully saturated rings. The van der Waals surface area contributed by atoms with Crippen LogP contribution in [-0.2, 0) is 9.59 Å². The van der Waals surface area contributed by atoms with Crippen LogP contribution in [0.4, 0.5) is 0 Å². The summed E-state index contributed by atoms with van der Waals surface area (Å²) >= 11 is 0. The zero-order chi connectivity index (χ0) is 9.56. The van der Waals surface area contributed by atoms with E-state index < -0.39 is 17.9 Å². The Kier molecular flexibility index (Phi) is 4.98. The molecule has 0 aliphatic carbocycles. The van der Waals surface area contributed by atoms with E-state index in [1.54, 1.807) is 6.92 Å². The average Bonchev–Trinajstić information content (AvgIpc) is 2.01. The van der Waals surface area contributed by atoms with Crippen molar-refractivity contribution in [1.82, 2.24) is 10.8 Å². The molecule has 12 heavy (non-hydrogen) atoms. The lowest BCUT2D eigenvalue weighted by Gasteiger charge is -2.12. The molecular weight excluding hydrogens is 162 g/mol. The molecule has 0 radical (unpaired) electrons. The summed E-state index contributed by atoms with van der Waals surface area (Å²) in [5.74, 6) is -1.25. The smallest absolute Gasteiger partial charge is 0.260 e. The predicted octanol–water partition coefficient (Wildman–Crippen LogP) is -1.65. The van der Waals surface area contributed by atoms with Crippen LogP contribution in [0.15, 0.2) is 0 Å². The van der Waals surface area contributed by atoms with Crippen LogP contribution in [0.25, 0.3) is 0 Å². The Balaban J connectivity index is 4.02. The summed E-state index contributed by atoms with van der Waals surface area (Å²) in [5.41, 5.74) is 6.32. The molecule has 0 heterocycles. The first-order chi connectivity index (χ1) is 5.61. The molecule has 2 amide bonds. The highest BCUT2D eigenvalue weighted by atomic mass is 16.5. The number of carbonyl (C=O) groups is 2. The van der Waals surface area contributed by atoms with Crippen LogP contribution >= 0.6 is 0 Å². The number of amides is 2. The summed E-state index contributed by atoms with van der Waals surface area (Å²) in [6.07, 6.45) is -0.125. The van der Waals surface area contributed by atoms with Gasteiger partial charge in [-0.3, -0.25) is 14.8 Å². The minimum atomic E-state index is -0.752. The topological polar surface area (TPSA) is 104 Å². The molecule has 0 aromatic carbocycles. The SMILES string of the molecule is CCN[C@@H](CC(N)=O)C(=O)NO. The van der Waals surface area contributed by atoms with Gasteiger partial charge in [0, 0.05) is 0 Å². The number of hydrogen-bond donors (Lipinski definition) is 4. The van der Waals surface area contributed by atoms with Crippen molar-refractivity contribution in [1.29, 1.82) is 0 Å². The Bertz CT molecular complexity index is 171. The lowest BCUT2D eigenvalue weighted by Crippen LogP contribution is -2.45. The molecule has 0 aliphatic rings. The average molecular weight is 175 g/mol. The van der Waals surface area contributed by atoms with Crippen LogP contribution in [0, 0.1) is 0 Å². The zero-order valence-electron chi connectivity index (χ0n) is 6.83. The summed E-state index contributed by atoms with van der Waals surface area (Å²) in [5, 5.41) is 10.9. The molecule has 0 aliphatic heterocycles. The summed E-state index contributed by atoms with van der Waals surface area (Å²) in [4.78, 5) is 21.2. The number of nitrogens with two attached hydrogens (primary N) is 1. The van der Waals surface area contributed by atoms with Gasteiger partial charge in [-0.2, -0.15) is 0 Å².